The zero-order valence-electron chi connectivity index (χ0n) is 14.7. The van der Waals surface area contributed by atoms with Crippen molar-refractivity contribution in [2.45, 2.75) is 44.8 Å². The molecule has 0 bridgehead atoms. The van der Waals surface area contributed by atoms with Crippen molar-refractivity contribution in [2.24, 2.45) is 0 Å². The fourth-order valence-electron chi connectivity index (χ4n) is 3.53. The lowest BCUT2D eigenvalue weighted by Gasteiger charge is -2.31. The van der Waals surface area contributed by atoms with Gasteiger partial charge < -0.3 is 14.8 Å². The zero-order chi connectivity index (χ0) is 18.1. The number of hydrogen-bond donors (Lipinski definition) is 1. The first kappa shape index (κ1) is 16.6. The average molecular weight is 351 g/mol. The number of nitrogens with one attached hydrogen (secondary N) is 1. The second kappa shape index (κ2) is 6.48. The molecule has 2 aliphatic rings. The molecule has 1 N–H and O–H groups in total. The van der Waals surface area contributed by atoms with Gasteiger partial charge in [0.25, 0.3) is 11.7 Å². The molecule has 0 aromatic heterocycles. The van der Waals surface area contributed by atoms with E-state index >= 15 is 0 Å². The average Bonchev–Trinajstić information content (AvgIpc) is 2.98. The first-order valence-corrected chi connectivity index (χ1v) is 8.99. The van der Waals surface area contributed by atoms with E-state index in [4.69, 9.17) is 9.47 Å². The highest BCUT2D eigenvalue weighted by Crippen LogP contribution is 2.46. The fourth-order valence-corrected chi connectivity index (χ4v) is 3.53. The van der Waals surface area contributed by atoms with Crippen LogP contribution in [-0.4, -0.2) is 17.5 Å². The normalized spacial score (nSPS) is 17.1. The van der Waals surface area contributed by atoms with Crippen molar-refractivity contribution >= 4 is 17.4 Å². The highest BCUT2D eigenvalue weighted by molar-refractivity contribution is 6.05. The van der Waals surface area contributed by atoms with Gasteiger partial charge in [-0.05, 0) is 44.0 Å². The number of fused-ring (bicyclic) bond motifs is 1. The molecule has 1 spiro atoms. The maximum Gasteiger partial charge on any atom is 0.255 e. The van der Waals surface area contributed by atoms with Crippen molar-refractivity contribution < 1.29 is 19.1 Å². The zero-order valence-corrected chi connectivity index (χ0v) is 14.7. The minimum absolute atomic E-state index is 0.0237. The largest absolute Gasteiger partial charge is 0.448 e. The van der Waals surface area contributed by atoms with Crippen molar-refractivity contribution in [1.82, 2.24) is 0 Å². The van der Waals surface area contributed by atoms with Crippen LogP contribution in [0.5, 0.6) is 11.5 Å². The van der Waals surface area contributed by atoms with E-state index in [1.165, 1.54) is 13.3 Å². The van der Waals surface area contributed by atoms with Crippen LogP contribution in [0.1, 0.15) is 59.7 Å². The standard InChI is InChI=1S/C21H21NO4/c1-14(23)15-5-7-16(8-6-15)20(24)22-17-9-10-18-19(13-17)26-21(25-18)11-3-2-4-12-21/h5-10,13H,2-4,11-12H2,1H3,(H,22,24). The Morgan fingerprint density at radius 2 is 1.54 bits per heavy atom. The number of anilines is 1. The van der Waals surface area contributed by atoms with E-state index in [0.717, 1.165) is 31.4 Å². The number of carbonyl (C=O) groups excluding carboxylic acids is 2. The Bertz CT molecular complexity index is 851. The minimum Gasteiger partial charge on any atom is -0.448 e. The molecular formula is C21H21NO4. The van der Waals surface area contributed by atoms with Gasteiger partial charge in [-0.2, -0.15) is 0 Å². The van der Waals surface area contributed by atoms with E-state index in [1.807, 2.05) is 12.1 Å². The highest BCUT2D eigenvalue weighted by Gasteiger charge is 2.42. The van der Waals surface area contributed by atoms with Crippen LogP contribution in [0.15, 0.2) is 42.5 Å². The van der Waals surface area contributed by atoms with Gasteiger partial charge in [0.05, 0.1) is 0 Å². The number of ketones is 1. The minimum atomic E-state index is -0.522. The number of Topliss-reactive ketones (excluding diaryl/α,β-unsaturated/α-hetero) is 1. The van der Waals surface area contributed by atoms with E-state index in [2.05, 4.69) is 5.32 Å². The molecule has 5 heteroatoms. The molecule has 2 aromatic rings. The summed E-state index contributed by atoms with van der Waals surface area (Å²) in [6.07, 6.45) is 5.22. The number of benzene rings is 2. The summed E-state index contributed by atoms with van der Waals surface area (Å²) >= 11 is 0. The molecule has 0 saturated heterocycles. The molecule has 1 fully saturated rings. The van der Waals surface area contributed by atoms with Gasteiger partial charge in [-0.1, -0.05) is 18.6 Å². The lowest BCUT2D eigenvalue weighted by atomic mass is 9.94. The molecule has 1 aliphatic carbocycles. The quantitative estimate of drug-likeness (QED) is 0.823. The third kappa shape index (κ3) is 3.17. The molecule has 1 amide bonds. The lowest BCUT2D eigenvalue weighted by Crippen LogP contribution is -2.40. The maximum absolute atomic E-state index is 12.4. The predicted molar refractivity (Wildman–Crippen MR) is 97.9 cm³/mol. The highest BCUT2D eigenvalue weighted by atomic mass is 16.7. The number of hydrogen-bond acceptors (Lipinski definition) is 4. The Morgan fingerprint density at radius 1 is 0.885 bits per heavy atom. The van der Waals surface area contributed by atoms with Gasteiger partial charge in [-0.3, -0.25) is 9.59 Å². The van der Waals surface area contributed by atoms with Crippen LogP contribution in [-0.2, 0) is 0 Å². The van der Waals surface area contributed by atoms with Crippen LogP contribution >= 0.6 is 0 Å². The molecule has 0 atom stereocenters. The number of carbonyl (C=O) groups is 2. The van der Waals surface area contributed by atoms with Crippen molar-refractivity contribution in [3.05, 3.63) is 53.6 Å². The van der Waals surface area contributed by atoms with Crippen LogP contribution in [0, 0.1) is 0 Å². The van der Waals surface area contributed by atoms with Crippen molar-refractivity contribution in [2.75, 3.05) is 5.32 Å². The van der Waals surface area contributed by atoms with Gasteiger partial charge in [-0.15, -0.1) is 0 Å². The smallest absolute Gasteiger partial charge is 0.255 e. The summed E-state index contributed by atoms with van der Waals surface area (Å²) in [7, 11) is 0. The summed E-state index contributed by atoms with van der Waals surface area (Å²) in [4.78, 5) is 23.8. The monoisotopic (exact) mass is 351 g/mol. The van der Waals surface area contributed by atoms with Crippen molar-refractivity contribution in [1.29, 1.82) is 0 Å². The molecule has 26 heavy (non-hydrogen) atoms. The second-order valence-electron chi connectivity index (χ2n) is 6.92. The van der Waals surface area contributed by atoms with Crippen molar-refractivity contribution in [3.8, 4) is 11.5 Å². The Hall–Kier alpha value is -2.82. The third-order valence-corrected chi connectivity index (χ3v) is 4.96. The Kier molecular flexibility index (Phi) is 4.15. The van der Waals surface area contributed by atoms with Crippen LogP contribution in [0.4, 0.5) is 5.69 Å². The molecule has 2 aromatic carbocycles. The van der Waals surface area contributed by atoms with E-state index < -0.39 is 5.79 Å². The molecule has 0 unspecified atom stereocenters. The summed E-state index contributed by atoms with van der Waals surface area (Å²) in [5.74, 6) is 0.634. The summed E-state index contributed by atoms with van der Waals surface area (Å²) in [5, 5.41) is 2.87. The van der Waals surface area contributed by atoms with E-state index in [-0.39, 0.29) is 11.7 Å². The van der Waals surface area contributed by atoms with Gasteiger partial charge in [0.15, 0.2) is 17.3 Å². The lowest BCUT2D eigenvalue weighted by molar-refractivity contribution is -0.105. The Morgan fingerprint density at radius 3 is 2.23 bits per heavy atom. The summed E-state index contributed by atoms with van der Waals surface area (Å²) < 4.78 is 12.1. The second-order valence-corrected chi connectivity index (χ2v) is 6.92. The maximum atomic E-state index is 12.4. The molecule has 0 radical (unpaired) electrons. The van der Waals surface area contributed by atoms with Gasteiger partial charge in [0, 0.05) is 35.7 Å². The summed E-state index contributed by atoms with van der Waals surface area (Å²) in [5.41, 5.74) is 1.74. The molecule has 134 valence electrons. The molecule has 4 rings (SSSR count). The van der Waals surface area contributed by atoms with Crippen LogP contribution in [0.3, 0.4) is 0 Å². The summed E-state index contributed by atoms with van der Waals surface area (Å²) in [6, 6.07) is 12.1. The van der Waals surface area contributed by atoms with Crippen LogP contribution in [0.25, 0.3) is 0 Å². The first-order valence-electron chi connectivity index (χ1n) is 8.99. The Balaban J connectivity index is 1.47. The Labute approximate surface area is 152 Å². The van der Waals surface area contributed by atoms with E-state index in [0.29, 0.717) is 22.6 Å². The van der Waals surface area contributed by atoms with Gasteiger partial charge in [-0.25, -0.2) is 0 Å². The van der Waals surface area contributed by atoms with Crippen molar-refractivity contribution in [3.63, 3.8) is 0 Å². The number of ether oxygens (including phenoxy) is 2. The summed E-state index contributed by atoms with van der Waals surface area (Å²) in [6.45, 7) is 1.50. The van der Waals surface area contributed by atoms with Gasteiger partial charge in [0.2, 0.25) is 0 Å². The third-order valence-electron chi connectivity index (χ3n) is 4.96. The molecule has 1 saturated carbocycles. The first-order chi connectivity index (χ1) is 12.5. The van der Waals surface area contributed by atoms with E-state index in [1.54, 1.807) is 30.3 Å². The predicted octanol–water partition coefficient (Wildman–Crippen LogP) is 4.57. The van der Waals surface area contributed by atoms with Gasteiger partial charge >= 0.3 is 0 Å². The van der Waals surface area contributed by atoms with E-state index in [9.17, 15) is 9.59 Å². The van der Waals surface area contributed by atoms with Gasteiger partial charge in [0.1, 0.15) is 0 Å². The number of amides is 1. The SMILES string of the molecule is CC(=O)c1ccc(C(=O)Nc2ccc3c(c2)OC2(CCCCC2)O3)cc1. The molecule has 1 aliphatic heterocycles. The topological polar surface area (TPSA) is 64.6 Å². The van der Waals surface area contributed by atoms with Crippen LogP contribution in [0.2, 0.25) is 0 Å². The molecular weight excluding hydrogens is 330 g/mol. The van der Waals surface area contributed by atoms with Crippen LogP contribution < -0.4 is 14.8 Å². The molecule has 1 heterocycles. The fraction of sp³-hybridized carbons (Fsp3) is 0.333. The molecule has 5 nitrogen and oxygen atoms in total. The number of rotatable bonds is 3.